The van der Waals surface area contributed by atoms with Crippen molar-refractivity contribution in [1.82, 2.24) is 4.98 Å². The van der Waals surface area contributed by atoms with E-state index in [1.54, 1.807) is 19.9 Å². The van der Waals surface area contributed by atoms with Crippen LogP contribution in [0.25, 0.3) is 0 Å². The molecule has 0 atom stereocenters. The van der Waals surface area contributed by atoms with Gasteiger partial charge in [0.05, 0.1) is 18.4 Å². The Morgan fingerprint density at radius 2 is 1.91 bits per heavy atom. The molecule has 7 nitrogen and oxygen atoms in total. The van der Waals surface area contributed by atoms with E-state index in [0.29, 0.717) is 21.5 Å². The summed E-state index contributed by atoms with van der Waals surface area (Å²) in [5.41, 5.74) is 1.48. The maximum Gasteiger partial charge on any atom is 0.374 e. The maximum atomic E-state index is 12.2. The fourth-order valence-electron chi connectivity index (χ4n) is 2.14. The van der Waals surface area contributed by atoms with Crippen LogP contribution in [0.15, 0.2) is 21.2 Å². The number of carbonyl (C=O) groups is 3. The zero-order valence-electron chi connectivity index (χ0n) is 12.7. The molecule has 122 valence electrons. The SMILES string of the molecule is COC(=O)c1c(C)[nH]c(C(=O)COC(=O)c2ccc(Br)o2)c1C. The van der Waals surface area contributed by atoms with Gasteiger partial charge in [-0.2, -0.15) is 0 Å². The number of H-pyrrole nitrogens is 1. The number of rotatable bonds is 5. The molecule has 2 heterocycles. The molecule has 8 heteroatoms. The number of ketones is 1. The van der Waals surface area contributed by atoms with Crippen molar-refractivity contribution in [3.05, 3.63) is 45.1 Å². The van der Waals surface area contributed by atoms with Crippen LogP contribution in [-0.4, -0.2) is 36.4 Å². The molecule has 0 aliphatic carbocycles. The average Bonchev–Trinajstić information content (AvgIpc) is 3.07. The third-order valence-corrected chi connectivity index (χ3v) is 3.64. The van der Waals surface area contributed by atoms with Crippen LogP contribution in [-0.2, 0) is 9.47 Å². The summed E-state index contributed by atoms with van der Waals surface area (Å²) in [5.74, 6) is -1.76. The number of aromatic nitrogens is 1. The summed E-state index contributed by atoms with van der Waals surface area (Å²) in [6, 6.07) is 2.97. The number of nitrogens with one attached hydrogen (secondary N) is 1. The maximum absolute atomic E-state index is 12.2. The number of hydrogen-bond donors (Lipinski definition) is 1. The Hall–Kier alpha value is -2.35. The molecule has 1 N–H and O–H groups in total. The average molecular weight is 384 g/mol. The lowest BCUT2D eigenvalue weighted by Crippen LogP contribution is -2.15. The molecule has 0 amide bonds. The minimum absolute atomic E-state index is 0.0145. The normalized spacial score (nSPS) is 10.4. The first-order valence-corrected chi connectivity index (χ1v) is 7.37. The number of furan rings is 1. The fraction of sp³-hybridized carbons (Fsp3) is 0.267. The monoisotopic (exact) mass is 383 g/mol. The Balaban J connectivity index is 2.10. The molecule has 0 aliphatic heterocycles. The molecular weight excluding hydrogens is 370 g/mol. The van der Waals surface area contributed by atoms with Crippen LogP contribution < -0.4 is 0 Å². The van der Waals surface area contributed by atoms with E-state index in [1.807, 2.05) is 0 Å². The number of hydrogen-bond acceptors (Lipinski definition) is 6. The summed E-state index contributed by atoms with van der Waals surface area (Å²) in [5, 5.41) is 0. The molecule has 0 saturated carbocycles. The summed E-state index contributed by atoms with van der Waals surface area (Å²) in [6.07, 6.45) is 0. The molecule has 2 rings (SSSR count). The lowest BCUT2D eigenvalue weighted by molar-refractivity contribution is 0.0441. The Bertz CT molecular complexity index is 773. The van der Waals surface area contributed by atoms with Crippen molar-refractivity contribution in [2.24, 2.45) is 0 Å². The summed E-state index contributed by atoms with van der Waals surface area (Å²) in [7, 11) is 1.26. The van der Waals surface area contributed by atoms with Gasteiger partial charge in [-0.3, -0.25) is 4.79 Å². The second-order valence-corrected chi connectivity index (χ2v) is 5.50. The highest BCUT2D eigenvalue weighted by molar-refractivity contribution is 9.10. The number of esters is 2. The van der Waals surface area contributed by atoms with Crippen molar-refractivity contribution in [2.75, 3.05) is 13.7 Å². The Morgan fingerprint density at radius 3 is 2.48 bits per heavy atom. The lowest BCUT2D eigenvalue weighted by Gasteiger charge is -2.03. The van der Waals surface area contributed by atoms with Gasteiger partial charge in [-0.05, 0) is 47.5 Å². The van der Waals surface area contributed by atoms with E-state index in [9.17, 15) is 14.4 Å². The molecule has 0 fully saturated rings. The van der Waals surface area contributed by atoms with Crippen LogP contribution in [0.1, 0.15) is 42.7 Å². The van der Waals surface area contributed by atoms with Crippen molar-refractivity contribution in [3.63, 3.8) is 0 Å². The highest BCUT2D eigenvalue weighted by Crippen LogP contribution is 2.20. The van der Waals surface area contributed by atoms with Gasteiger partial charge in [0.1, 0.15) is 0 Å². The zero-order chi connectivity index (χ0) is 17.1. The van der Waals surface area contributed by atoms with Gasteiger partial charge in [-0.25, -0.2) is 9.59 Å². The first kappa shape index (κ1) is 17.0. The minimum atomic E-state index is -0.752. The smallest absolute Gasteiger partial charge is 0.374 e. The van der Waals surface area contributed by atoms with E-state index in [2.05, 4.69) is 25.7 Å². The van der Waals surface area contributed by atoms with Crippen LogP contribution in [0.4, 0.5) is 0 Å². The van der Waals surface area contributed by atoms with Crippen LogP contribution in [0.2, 0.25) is 0 Å². The van der Waals surface area contributed by atoms with Gasteiger partial charge in [-0.1, -0.05) is 0 Å². The summed E-state index contributed by atoms with van der Waals surface area (Å²) in [6.45, 7) is 2.80. The first-order valence-electron chi connectivity index (χ1n) is 6.58. The molecule has 0 spiro atoms. The number of aromatic amines is 1. The van der Waals surface area contributed by atoms with Crippen molar-refractivity contribution < 1.29 is 28.3 Å². The molecule has 2 aromatic rings. The van der Waals surface area contributed by atoms with Gasteiger partial charge >= 0.3 is 11.9 Å². The van der Waals surface area contributed by atoms with Crippen molar-refractivity contribution in [1.29, 1.82) is 0 Å². The predicted molar refractivity (Wildman–Crippen MR) is 82.6 cm³/mol. The van der Waals surface area contributed by atoms with E-state index >= 15 is 0 Å². The molecular formula is C15H14BrNO6. The molecule has 23 heavy (non-hydrogen) atoms. The van der Waals surface area contributed by atoms with Gasteiger partial charge in [-0.15, -0.1) is 0 Å². The Morgan fingerprint density at radius 1 is 1.22 bits per heavy atom. The van der Waals surface area contributed by atoms with Gasteiger partial charge in [0.15, 0.2) is 11.3 Å². The number of Topliss-reactive ketones (excluding diaryl/α,β-unsaturated/α-hetero) is 1. The number of aryl methyl sites for hydroxylation is 1. The predicted octanol–water partition coefficient (Wildman–Crippen LogP) is 2.81. The first-order chi connectivity index (χ1) is 10.8. The summed E-state index contributed by atoms with van der Waals surface area (Å²) < 4.78 is 15.0. The Kier molecular flexibility index (Phi) is 5.05. The number of ether oxygens (including phenoxy) is 2. The van der Waals surface area contributed by atoms with Gasteiger partial charge in [0.25, 0.3) is 0 Å². The highest BCUT2D eigenvalue weighted by Gasteiger charge is 2.23. The molecule has 0 unspecified atom stereocenters. The van der Waals surface area contributed by atoms with E-state index in [0.717, 1.165) is 0 Å². The van der Waals surface area contributed by atoms with Gasteiger partial charge in [0.2, 0.25) is 11.5 Å². The van der Waals surface area contributed by atoms with Crippen LogP contribution in [0.5, 0.6) is 0 Å². The highest BCUT2D eigenvalue weighted by atomic mass is 79.9. The van der Waals surface area contributed by atoms with E-state index < -0.39 is 24.3 Å². The molecule has 0 aromatic carbocycles. The van der Waals surface area contributed by atoms with E-state index in [-0.39, 0.29) is 11.5 Å². The molecule has 0 aliphatic rings. The van der Waals surface area contributed by atoms with E-state index in [1.165, 1.54) is 13.2 Å². The number of halogens is 1. The third kappa shape index (κ3) is 3.53. The van der Waals surface area contributed by atoms with Crippen molar-refractivity contribution >= 4 is 33.7 Å². The summed E-state index contributed by atoms with van der Waals surface area (Å²) in [4.78, 5) is 38.4. The second-order valence-electron chi connectivity index (χ2n) is 4.72. The largest absolute Gasteiger partial charge is 0.465 e. The van der Waals surface area contributed by atoms with E-state index in [4.69, 9.17) is 9.15 Å². The second kappa shape index (κ2) is 6.82. The zero-order valence-corrected chi connectivity index (χ0v) is 14.3. The third-order valence-electron chi connectivity index (χ3n) is 3.21. The van der Waals surface area contributed by atoms with Crippen LogP contribution in [0, 0.1) is 13.8 Å². The van der Waals surface area contributed by atoms with Crippen LogP contribution >= 0.6 is 15.9 Å². The summed E-state index contributed by atoms with van der Waals surface area (Å²) >= 11 is 3.07. The lowest BCUT2D eigenvalue weighted by atomic mass is 10.1. The molecule has 0 saturated heterocycles. The number of carbonyl (C=O) groups excluding carboxylic acids is 3. The van der Waals surface area contributed by atoms with Gasteiger partial charge in [0, 0.05) is 5.69 Å². The molecule has 0 bridgehead atoms. The number of methoxy groups -OCH3 is 1. The standard InChI is InChI=1S/C15H14BrNO6/c1-7-12(15(20)21-3)8(2)17-13(7)9(18)6-22-14(19)10-4-5-11(16)23-10/h4-5,17H,6H2,1-3H3. The Labute approximate surface area is 140 Å². The van der Waals surface area contributed by atoms with Crippen molar-refractivity contribution in [3.8, 4) is 0 Å². The van der Waals surface area contributed by atoms with Crippen LogP contribution in [0.3, 0.4) is 0 Å². The molecule has 0 radical (unpaired) electrons. The minimum Gasteiger partial charge on any atom is -0.465 e. The quantitative estimate of drug-likeness (QED) is 0.629. The fourth-order valence-corrected chi connectivity index (χ4v) is 2.44. The molecule has 2 aromatic heterocycles. The van der Waals surface area contributed by atoms with Gasteiger partial charge < -0.3 is 18.9 Å². The topological polar surface area (TPSA) is 98.6 Å². The van der Waals surface area contributed by atoms with Crippen molar-refractivity contribution in [2.45, 2.75) is 13.8 Å².